The van der Waals surface area contributed by atoms with Crippen molar-refractivity contribution in [2.24, 2.45) is 0 Å². The summed E-state index contributed by atoms with van der Waals surface area (Å²) in [6.45, 7) is 1.11. The molecule has 1 aromatic heterocycles. The lowest BCUT2D eigenvalue weighted by atomic mass is 10.1. The molecule has 0 aliphatic rings. The average Bonchev–Trinajstić information content (AvgIpc) is 2.61. The predicted octanol–water partition coefficient (Wildman–Crippen LogP) is 3.01. The molecule has 1 atom stereocenters. The number of H-pyrrole nitrogens is 1. The lowest BCUT2D eigenvalue weighted by Gasteiger charge is -2.16. The minimum absolute atomic E-state index is 0.128. The first kappa shape index (κ1) is 19.1. The highest BCUT2D eigenvalue weighted by molar-refractivity contribution is 6.35. The molecule has 9 heteroatoms. The Bertz CT molecular complexity index is 1160. The zero-order valence-electron chi connectivity index (χ0n) is 14.1. The number of carbonyl (C=O) groups is 1. The molecular weight excluding hydrogens is 396 g/mol. The summed E-state index contributed by atoms with van der Waals surface area (Å²) >= 11 is 11.7. The van der Waals surface area contributed by atoms with Crippen molar-refractivity contribution in [2.45, 2.75) is 19.5 Å². The molecule has 1 unspecified atom stereocenters. The van der Waals surface area contributed by atoms with Gasteiger partial charge in [-0.05, 0) is 36.8 Å². The SMILES string of the molecule is CC(NC(=O)Cn1c(=O)[nH]c2ccccc2c1=O)c1cc(F)c(Cl)cc1Cl. The van der Waals surface area contributed by atoms with Crippen molar-refractivity contribution >= 4 is 40.0 Å². The van der Waals surface area contributed by atoms with Gasteiger partial charge in [-0.25, -0.2) is 9.18 Å². The van der Waals surface area contributed by atoms with Gasteiger partial charge in [-0.1, -0.05) is 35.3 Å². The summed E-state index contributed by atoms with van der Waals surface area (Å²) in [5.41, 5.74) is -0.558. The number of hydrogen-bond donors (Lipinski definition) is 2. The molecule has 0 bridgehead atoms. The summed E-state index contributed by atoms with van der Waals surface area (Å²) in [5.74, 6) is -1.27. The van der Waals surface area contributed by atoms with E-state index >= 15 is 0 Å². The highest BCUT2D eigenvalue weighted by Gasteiger charge is 2.17. The van der Waals surface area contributed by atoms with Gasteiger partial charge in [0.15, 0.2) is 0 Å². The van der Waals surface area contributed by atoms with Gasteiger partial charge in [0.2, 0.25) is 5.91 Å². The third-order valence-electron chi connectivity index (χ3n) is 4.07. The molecule has 0 aliphatic heterocycles. The van der Waals surface area contributed by atoms with Gasteiger partial charge in [-0.15, -0.1) is 0 Å². The molecule has 0 radical (unpaired) electrons. The quantitative estimate of drug-likeness (QED) is 0.649. The number of nitrogens with one attached hydrogen (secondary N) is 2. The second-order valence-electron chi connectivity index (χ2n) is 5.94. The summed E-state index contributed by atoms with van der Waals surface area (Å²) in [4.78, 5) is 39.4. The van der Waals surface area contributed by atoms with E-state index in [4.69, 9.17) is 23.2 Å². The molecule has 6 nitrogen and oxygen atoms in total. The largest absolute Gasteiger partial charge is 0.348 e. The van der Waals surface area contributed by atoms with Crippen molar-refractivity contribution in [3.05, 3.63) is 78.7 Å². The van der Waals surface area contributed by atoms with Crippen LogP contribution >= 0.6 is 23.2 Å². The second-order valence-corrected chi connectivity index (χ2v) is 6.76. The van der Waals surface area contributed by atoms with E-state index in [1.165, 1.54) is 6.07 Å². The minimum Gasteiger partial charge on any atom is -0.348 e. The topological polar surface area (TPSA) is 84.0 Å². The van der Waals surface area contributed by atoms with Crippen LogP contribution in [0.5, 0.6) is 0 Å². The fourth-order valence-corrected chi connectivity index (χ4v) is 3.27. The Morgan fingerprint density at radius 3 is 2.67 bits per heavy atom. The van der Waals surface area contributed by atoms with Crippen LogP contribution in [-0.2, 0) is 11.3 Å². The van der Waals surface area contributed by atoms with Crippen LogP contribution in [0.1, 0.15) is 18.5 Å². The van der Waals surface area contributed by atoms with Crippen molar-refractivity contribution in [3.63, 3.8) is 0 Å². The number of aromatic nitrogens is 2. The molecule has 0 aliphatic carbocycles. The first-order valence-electron chi connectivity index (χ1n) is 7.93. The Morgan fingerprint density at radius 2 is 1.93 bits per heavy atom. The van der Waals surface area contributed by atoms with Crippen LogP contribution in [0, 0.1) is 5.82 Å². The van der Waals surface area contributed by atoms with E-state index in [0.29, 0.717) is 16.5 Å². The summed E-state index contributed by atoms with van der Waals surface area (Å²) in [6.07, 6.45) is 0. The maximum absolute atomic E-state index is 13.7. The van der Waals surface area contributed by atoms with Gasteiger partial charge < -0.3 is 10.3 Å². The molecule has 3 rings (SSSR count). The number of fused-ring (bicyclic) bond motifs is 1. The number of nitrogens with zero attached hydrogens (tertiary/aromatic N) is 1. The van der Waals surface area contributed by atoms with Crippen molar-refractivity contribution < 1.29 is 9.18 Å². The molecule has 0 spiro atoms. The third kappa shape index (κ3) is 3.89. The van der Waals surface area contributed by atoms with Crippen molar-refractivity contribution in [3.8, 4) is 0 Å². The summed E-state index contributed by atoms with van der Waals surface area (Å²) in [6, 6.07) is 8.21. The van der Waals surface area contributed by atoms with E-state index < -0.39 is 35.6 Å². The lowest BCUT2D eigenvalue weighted by Crippen LogP contribution is -2.41. The number of rotatable bonds is 4. The van der Waals surface area contributed by atoms with Crippen LogP contribution in [0.15, 0.2) is 46.0 Å². The molecular formula is C18H14Cl2FN3O3. The highest BCUT2D eigenvalue weighted by atomic mass is 35.5. The molecule has 0 fully saturated rings. The van der Waals surface area contributed by atoms with Crippen molar-refractivity contribution in [1.82, 2.24) is 14.9 Å². The molecule has 1 heterocycles. The molecule has 3 aromatic rings. The minimum atomic E-state index is -0.697. The van der Waals surface area contributed by atoms with Gasteiger partial charge in [0.05, 0.1) is 22.0 Å². The Labute approximate surface area is 162 Å². The smallest absolute Gasteiger partial charge is 0.329 e. The molecule has 27 heavy (non-hydrogen) atoms. The molecule has 0 saturated heterocycles. The molecule has 140 valence electrons. The Hall–Kier alpha value is -2.64. The lowest BCUT2D eigenvalue weighted by molar-refractivity contribution is -0.122. The van der Waals surface area contributed by atoms with Crippen LogP contribution < -0.4 is 16.6 Å². The molecule has 2 N–H and O–H groups in total. The number of benzene rings is 2. The van der Waals surface area contributed by atoms with Gasteiger partial charge in [0.25, 0.3) is 5.56 Å². The van der Waals surface area contributed by atoms with Gasteiger partial charge in [-0.3, -0.25) is 14.2 Å². The van der Waals surface area contributed by atoms with Crippen LogP contribution in [0.3, 0.4) is 0 Å². The monoisotopic (exact) mass is 409 g/mol. The standard InChI is InChI=1S/C18H14Cl2FN3O3/c1-9(11-6-14(21)13(20)7-12(11)19)22-16(25)8-24-17(26)10-4-2-3-5-15(10)23-18(24)27/h2-7,9H,8H2,1H3,(H,22,25)(H,23,27). The van der Waals surface area contributed by atoms with Crippen LogP contribution in [0.4, 0.5) is 4.39 Å². The first-order chi connectivity index (χ1) is 12.8. The summed E-state index contributed by atoms with van der Waals surface area (Å²) < 4.78 is 14.5. The summed E-state index contributed by atoms with van der Waals surface area (Å²) in [7, 11) is 0. The maximum Gasteiger partial charge on any atom is 0.329 e. The highest BCUT2D eigenvalue weighted by Crippen LogP contribution is 2.28. The number of aromatic amines is 1. The molecule has 1 amide bonds. The number of carbonyl (C=O) groups excluding carboxylic acids is 1. The Balaban J connectivity index is 1.84. The molecule has 0 saturated carbocycles. The number of amides is 1. The van der Waals surface area contributed by atoms with E-state index in [1.54, 1.807) is 31.2 Å². The van der Waals surface area contributed by atoms with Crippen LogP contribution in [0.25, 0.3) is 10.9 Å². The first-order valence-corrected chi connectivity index (χ1v) is 8.69. The van der Waals surface area contributed by atoms with Crippen molar-refractivity contribution in [1.29, 1.82) is 0 Å². The van der Waals surface area contributed by atoms with Gasteiger partial charge >= 0.3 is 5.69 Å². The van der Waals surface area contributed by atoms with Crippen LogP contribution in [-0.4, -0.2) is 15.5 Å². The van der Waals surface area contributed by atoms with Crippen molar-refractivity contribution in [2.75, 3.05) is 0 Å². The predicted molar refractivity (Wildman–Crippen MR) is 102 cm³/mol. The Kier molecular flexibility index (Phi) is 5.34. The van der Waals surface area contributed by atoms with Gasteiger partial charge in [0.1, 0.15) is 12.4 Å². The number of halogens is 3. The third-order valence-corrected chi connectivity index (χ3v) is 4.69. The van der Waals surface area contributed by atoms with Crippen LogP contribution in [0.2, 0.25) is 10.0 Å². The van der Waals surface area contributed by atoms with Gasteiger partial charge in [0, 0.05) is 5.02 Å². The zero-order chi connectivity index (χ0) is 19.7. The Morgan fingerprint density at radius 1 is 1.22 bits per heavy atom. The number of para-hydroxylation sites is 1. The van der Waals surface area contributed by atoms with E-state index in [1.807, 2.05) is 0 Å². The average molecular weight is 410 g/mol. The second kappa shape index (κ2) is 7.54. The number of hydrogen-bond acceptors (Lipinski definition) is 3. The molecule has 2 aromatic carbocycles. The normalized spacial score (nSPS) is 12.1. The van der Waals surface area contributed by atoms with E-state index in [2.05, 4.69) is 10.3 Å². The maximum atomic E-state index is 13.7. The zero-order valence-corrected chi connectivity index (χ0v) is 15.6. The fraction of sp³-hybridized carbons (Fsp3) is 0.167. The summed E-state index contributed by atoms with van der Waals surface area (Å²) in [5, 5.41) is 2.94. The van der Waals surface area contributed by atoms with E-state index in [-0.39, 0.29) is 10.0 Å². The van der Waals surface area contributed by atoms with E-state index in [0.717, 1.165) is 10.6 Å². The fourth-order valence-electron chi connectivity index (χ4n) is 2.72. The van der Waals surface area contributed by atoms with Gasteiger partial charge in [-0.2, -0.15) is 0 Å². The van der Waals surface area contributed by atoms with E-state index in [9.17, 15) is 18.8 Å².